The van der Waals surface area contributed by atoms with Gasteiger partial charge in [-0.3, -0.25) is 4.57 Å². The van der Waals surface area contributed by atoms with Crippen LogP contribution in [-0.2, 0) is 0 Å². The Morgan fingerprint density at radius 1 is 1.43 bits per heavy atom. The van der Waals surface area contributed by atoms with Crippen LogP contribution in [0.4, 0.5) is 0 Å². The highest BCUT2D eigenvalue weighted by Gasteiger charge is 2.28. The Morgan fingerprint density at radius 3 is 2.86 bits per heavy atom. The molecule has 0 saturated carbocycles. The molecule has 1 aliphatic heterocycles. The summed E-state index contributed by atoms with van der Waals surface area (Å²) >= 11 is 0. The van der Waals surface area contributed by atoms with E-state index in [9.17, 15) is 9.59 Å². The Bertz CT molecular complexity index is 746. The molecule has 0 radical (unpaired) electrons. The summed E-state index contributed by atoms with van der Waals surface area (Å²) in [6.45, 7) is 4.07. The van der Waals surface area contributed by atoms with E-state index in [4.69, 9.17) is 5.11 Å². The van der Waals surface area contributed by atoms with Crippen LogP contribution in [0.3, 0.4) is 0 Å². The first-order chi connectivity index (χ1) is 9.97. The number of rotatable bonds is 2. The topological polar surface area (TPSA) is 78.3 Å². The summed E-state index contributed by atoms with van der Waals surface area (Å²) in [7, 11) is 2.09. The lowest BCUT2D eigenvalue weighted by Crippen LogP contribution is -2.40. The molecular weight excluding hydrogens is 270 g/mol. The van der Waals surface area contributed by atoms with Crippen LogP contribution in [0.2, 0.25) is 0 Å². The molecule has 2 atom stereocenters. The molecule has 2 aromatic rings. The molecule has 3 rings (SSSR count). The third-order valence-electron chi connectivity index (χ3n) is 4.36. The average molecular weight is 289 g/mol. The summed E-state index contributed by atoms with van der Waals surface area (Å²) in [6, 6.07) is 4.95. The van der Waals surface area contributed by atoms with Crippen molar-refractivity contribution in [2.45, 2.75) is 19.4 Å². The van der Waals surface area contributed by atoms with E-state index in [-0.39, 0.29) is 17.3 Å². The van der Waals surface area contributed by atoms with E-state index in [2.05, 4.69) is 23.9 Å². The maximum absolute atomic E-state index is 12.3. The number of piperidine rings is 1. The fourth-order valence-corrected chi connectivity index (χ4v) is 3.32. The van der Waals surface area contributed by atoms with Gasteiger partial charge in [-0.25, -0.2) is 9.59 Å². The van der Waals surface area contributed by atoms with E-state index in [1.807, 2.05) is 0 Å². The maximum Gasteiger partial charge on any atom is 0.335 e. The summed E-state index contributed by atoms with van der Waals surface area (Å²) in [4.78, 5) is 28.4. The Balaban J connectivity index is 2.08. The van der Waals surface area contributed by atoms with E-state index in [1.165, 1.54) is 6.07 Å². The number of nitrogens with one attached hydrogen (secondary N) is 1. The molecule has 2 heterocycles. The van der Waals surface area contributed by atoms with Gasteiger partial charge in [0.1, 0.15) is 0 Å². The third kappa shape index (κ3) is 2.35. The van der Waals surface area contributed by atoms with Gasteiger partial charge in [0.15, 0.2) is 0 Å². The zero-order chi connectivity index (χ0) is 15.1. The van der Waals surface area contributed by atoms with Crippen LogP contribution in [0.1, 0.15) is 29.7 Å². The molecule has 1 fully saturated rings. The SMILES string of the molecule is CC1CN(C)CCC1n1c(=O)[nH]c2cc(C(=O)O)ccc21. The number of carboxylic acids is 1. The number of carbonyl (C=O) groups is 1. The fraction of sp³-hybridized carbons (Fsp3) is 0.467. The quantitative estimate of drug-likeness (QED) is 0.879. The van der Waals surface area contributed by atoms with Crippen molar-refractivity contribution in [1.29, 1.82) is 0 Å². The van der Waals surface area contributed by atoms with Crippen molar-refractivity contribution in [2.24, 2.45) is 5.92 Å². The second-order valence-corrected chi connectivity index (χ2v) is 5.93. The summed E-state index contributed by atoms with van der Waals surface area (Å²) in [5, 5.41) is 9.04. The number of benzene rings is 1. The number of aromatic nitrogens is 2. The Morgan fingerprint density at radius 2 is 2.19 bits per heavy atom. The number of aromatic carboxylic acids is 1. The maximum atomic E-state index is 12.3. The van der Waals surface area contributed by atoms with Crippen molar-refractivity contribution in [3.8, 4) is 0 Å². The van der Waals surface area contributed by atoms with E-state index in [0.717, 1.165) is 25.0 Å². The minimum absolute atomic E-state index is 0.151. The molecule has 0 aliphatic carbocycles. The molecule has 6 nitrogen and oxygen atoms in total. The predicted molar refractivity (Wildman–Crippen MR) is 79.8 cm³/mol. The first-order valence-electron chi connectivity index (χ1n) is 7.13. The molecule has 2 N–H and O–H groups in total. The molecule has 1 aromatic carbocycles. The molecular formula is C15H19N3O3. The molecule has 0 spiro atoms. The van der Waals surface area contributed by atoms with E-state index in [0.29, 0.717) is 11.4 Å². The molecule has 21 heavy (non-hydrogen) atoms. The number of nitrogens with zero attached hydrogens (tertiary/aromatic N) is 2. The standard InChI is InChI=1S/C15H19N3O3/c1-9-8-17(2)6-5-12(9)18-13-4-3-10(14(19)20)7-11(13)16-15(18)21/h3-4,7,9,12H,5-6,8H2,1-2H3,(H,16,21)(H,19,20). The largest absolute Gasteiger partial charge is 0.478 e. The fourth-order valence-electron chi connectivity index (χ4n) is 3.32. The molecule has 6 heteroatoms. The van der Waals surface area contributed by atoms with Gasteiger partial charge in [-0.15, -0.1) is 0 Å². The van der Waals surface area contributed by atoms with Gasteiger partial charge in [-0.05, 0) is 44.1 Å². The predicted octanol–water partition coefficient (Wildman–Crippen LogP) is 1.54. The van der Waals surface area contributed by atoms with Gasteiger partial charge >= 0.3 is 11.7 Å². The number of hydrogen-bond acceptors (Lipinski definition) is 3. The van der Waals surface area contributed by atoms with Crippen LogP contribution in [-0.4, -0.2) is 45.7 Å². The Labute approximate surface area is 122 Å². The number of likely N-dealkylation sites (tertiary alicyclic amines) is 1. The zero-order valence-electron chi connectivity index (χ0n) is 12.2. The average Bonchev–Trinajstić information content (AvgIpc) is 2.74. The second-order valence-electron chi connectivity index (χ2n) is 5.93. The summed E-state index contributed by atoms with van der Waals surface area (Å²) in [5.74, 6) is -0.613. The molecule has 1 saturated heterocycles. The summed E-state index contributed by atoms with van der Waals surface area (Å²) in [6.07, 6.45) is 0.922. The summed E-state index contributed by atoms with van der Waals surface area (Å²) in [5.41, 5.74) is 1.40. The van der Waals surface area contributed by atoms with Gasteiger partial charge in [0.25, 0.3) is 0 Å². The Hall–Kier alpha value is -2.08. The minimum Gasteiger partial charge on any atom is -0.478 e. The highest BCUT2D eigenvalue weighted by atomic mass is 16.4. The van der Waals surface area contributed by atoms with Crippen LogP contribution < -0.4 is 5.69 Å². The zero-order valence-corrected chi connectivity index (χ0v) is 12.2. The van der Waals surface area contributed by atoms with Crippen LogP contribution in [0.25, 0.3) is 11.0 Å². The first kappa shape index (κ1) is 13.9. The molecule has 2 unspecified atom stereocenters. The van der Waals surface area contributed by atoms with Crippen molar-refractivity contribution < 1.29 is 9.90 Å². The molecule has 0 amide bonds. The van der Waals surface area contributed by atoms with Crippen molar-refractivity contribution >= 4 is 17.0 Å². The van der Waals surface area contributed by atoms with E-state index < -0.39 is 5.97 Å². The molecule has 112 valence electrons. The van der Waals surface area contributed by atoms with Gasteiger partial charge in [0, 0.05) is 12.6 Å². The number of carboxylic acid groups (broad SMARTS) is 1. The van der Waals surface area contributed by atoms with Gasteiger partial charge in [0.05, 0.1) is 16.6 Å². The third-order valence-corrected chi connectivity index (χ3v) is 4.36. The lowest BCUT2D eigenvalue weighted by Gasteiger charge is -2.35. The normalized spacial score (nSPS) is 23.5. The monoisotopic (exact) mass is 289 g/mol. The van der Waals surface area contributed by atoms with Crippen LogP contribution in [0, 0.1) is 5.92 Å². The van der Waals surface area contributed by atoms with Crippen LogP contribution in [0.5, 0.6) is 0 Å². The number of H-pyrrole nitrogens is 1. The van der Waals surface area contributed by atoms with Crippen molar-refractivity contribution in [1.82, 2.24) is 14.5 Å². The highest BCUT2D eigenvalue weighted by Crippen LogP contribution is 2.29. The van der Waals surface area contributed by atoms with Gasteiger partial charge < -0.3 is 15.0 Å². The van der Waals surface area contributed by atoms with Crippen LogP contribution in [0.15, 0.2) is 23.0 Å². The molecule has 1 aliphatic rings. The highest BCUT2D eigenvalue weighted by molar-refractivity contribution is 5.92. The number of hydrogen-bond donors (Lipinski definition) is 2. The number of aromatic amines is 1. The molecule has 0 bridgehead atoms. The number of imidazole rings is 1. The first-order valence-corrected chi connectivity index (χ1v) is 7.13. The number of fused-ring (bicyclic) bond motifs is 1. The smallest absolute Gasteiger partial charge is 0.335 e. The van der Waals surface area contributed by atoms with Gasteiger partial charge in [-0.2, -0.15) is 0 Å². The Kier molecular flexibility index (Phi) is 3.33. The van der Waals surface area contributed by atoms with Crippen molar-refractivity contribution in [3.05, 3.63) is 34.2 Å². The van der Waals surface area contributed by atoms with Crippen molar-refractivity contribution in [3.63, 3.8) is 0 Å². The molecule has 1 aromatic heterocycles. The van der Waals surface area contributed by atoms with E-state index >= 15 is 0 Å². The van der Waals surface area contributed by atoms with Crippen molar-refractivity contribution in [2.75, 3.05) is 20.1 Å². The second kappa shape index (κ2) is 5.04. The lowest BCUT2D eigenvalue weighted by molar-refractivity contribution is 0.0697. The van der Waals surface area contributed by atoms with Gasteiger partial charge in [-0.1, -0.05) is 6.92 Å². The van der Waals surface area contributed by atoms with Crippen LogP contribution >= 0.6 is 0 Å². The van der Waals surface area contributed by atoms with E-state index in [1.54, 1.807) is 16.7 Å². The lowest BCUT2D eigenvalue weighted by atomic mass is 9.94. The minimum atomic E-state index is -0.988. The van der Waals surface area contributed by atoms with Gasteiger partial charge in [0.2, 0.25) is 0 Å². The summed E-state index contributed by atoms with van der Waals surface area (Å²) < 4.78 is 1.79.